The Hall–Kier alpha value is -3.81. The number of piperidine rings is 1. The number of hydrogen-bond donors (Lipinski definition) is 2. The van der Waals surface area contributed by atoms with Gasteiger partial charge in [0, 0.05) is 31.1 Å². The number of hydrogen-bond acceptors (Lipinski definition) is 7. The molecule has 3 aliphatic heterocycles. The van der Waals surface area contributed by atoms with Gasteiger partial charge in [0.1, 0.15) is 6.04 Å². The van der Waals surface area contributed by atoms with Crippen molar-refractivity contribution in [3.8, 4) is 0 Å². The zero-order valence-electron chi connectivity index (χ0n) is 20.7. The summed E-state index contributed by atoms with van der Waals surface area (Å²) in [7, 11) is 4.00. The number of fused-ring (bicyclic) bond motifs is 1. The summed E-state index contributed by atoms with van der Waals surface area (Å²) in [5.74, 6) is -5.17. The van der Waals surface area contributed by atoms with Crippen molar-refractivity contribution in [3.05, 3.63) is 34.9 Å². The summed E-state index contributed by atoms with van der Waals surface area (Å²) in [6, 6.07) is 3.76. The summed E-state index contributed by atoms with van der Waals surface area (Å²) < 4.78 is 31.7. The SMILES string of the molecule is CN(C)[C@H]1CCCCN(C(=O)c2ccc3c(c2)C(=O)N(C2CCC(=O)NC2=O)C3=O)C1.O=C(O)C(F)(F)F. The zero-order valence-corrected chi connectivity index (χ0v) is 20.7. The Kier molecular flexibility index (Phi) is 8.54. The van der Waals surface area contributed by atoms with Crippen LogP contribution < -0.4 is 5.32 Å². The molecule has 5 amide bonds. The maximum atomic E-state index is 13.2. The molecule has 2 saturated heterocycles. The van der Waals surface area contributed by atoms with E-state index in [4.69, 9.17) is 9.90 Å². The van der Waals surface area contributed by atoms with Gasteiger partial charge < -0.3 is 14.9 Å². The third kappa shape index (κ3) is 6.18. The first-order chi connectivity index (χ1) is 17.7. The first-order valence-electron chi connectivity index (χ1n) is 11.8. The summed E-state index contributed by atoms with van der Waals surface area (Å²) in [5, 5.41) is 9.30. The highest BCUT2D eigenvalue weighted by molar-refractivity contribution is 6.24. The predicted octanol–water partition coefficient (Wildman–Crippen LogP) is 1.28. The predicted molar refractivity (Wildman–Crippen MR) is 124 cm³/mol. The second-order valence-corrected chi connectivity index (χ2v) is 9.37. The average Bonchev–Trinajstić information content (AvgIpc) is 3.00. The molecular weight excluding hydrogens is 513 g/mol. The van der Waals surface area contributed by atoms with Crippen molar-refractivity contribution < 1.29 is 47.0 Å². The highest BCUT2D eigenvalue weighted by atomic mass is 19.4. The van der Waals surface area contributed by atoms with Crippen molar-refractivity contribution in [1.82, 2.24) is 20.0 Å². The minimum absolute atomic E-state index is 0.0650. The van der Waals surface area contributed by atoms with Gasteiger partial charge >= 0.3 is 12.1 Å². The fourth-order valence-corrected chi connectivity index (χ4v) is 4.51. The smallest absolute Gasteiger partial charge is 0.475 e. The van der Waals surface area contributed by atoms with Crippen molar-refractivity contribution in [2.45, 2.75) is 50.4 Å². The van der Waals surface area contributed by atoms with Crippen LogP contribution in [0.25, 0.3) is 0 Å². The molecule has 0 aliphatic carbocycles. The van der Waals surface area contributed by atoms with E-state index in [0.717, 1.165) is 24.2 Å². The number of benzene rings is 1. The molecule has 0 saturated carbocycles. The molecule has 4 rings (SSSR count). The van der Waals surface area contributed by atoms with Crippen molar-refractivity contribution in [3.63, 3.8) is 0 Å². The van der Waals surface area contributed by atoms with E-state index in [1.165, 1.54) is 12.1 Å². The standard InChI is InChI=1S/C22H26N4O5.C2HF3O2/c1-24(2)14-5-3-4-10-25(12-14)20(29)13-6-7-15-16(11-13)22(31)26(21(15)30)17-8-9-18(27)23-19(17)28;3-2(4,5)1(6)7/h6-7,11,14,17H,3-5,8-10,12H2,1-2H3,(H,23,27,28);(H,6,7)/t14-,17?;/m0./s1. The van der Waals surface area contributed by atoms with Crippen LogP contribution in [0.15, 0.2) is 18.2 Å². The van der Waals surface area contributed by atoms with Crippen LogP contribution in [0.5, 0.6) is 0 Å². The molecule has 14 heteroatoms. The second kappa shape index (κ2) is 11.3. The van der Waals surface area contributed by atoms with Gasteiger partial charge in [-0.05, 0) is 51.6 Å². The van der Waals surface area contributed by atoms with Gasteiger partial charge in [0.05, 0.1) is 11.1 Å². The molecule has 1 aromatic carbocycles. The molecule has 11 nitrogen and oxygen atoms in total. The number of halogens is 3. The largest absolute Gasteiger partial charge is 0.490 e. The molecule has 0 radical (unpaired) electrons. The Balaban J connectivity index is 0.000000505. The van der Waals surface area contributed by atoms with E-state index in [-0.39, 0.29) is 35.9 Å². The summed E-state index contributed by atoms with van der Waals surface area (Å²) in [4.78, 5) is 76.3. The summed E-state index contributed by atoms with van der Waals surface area (Å²) in [5.41, 5.74) is 0.650. The van der Waals surface area contributed by atoms with Gasteiger partial charge in [-0.2, -0.15) is 13.2 Å². The molecule has 0 spiro atoms. The molecule has 1 unspecified atom stereocenters. The lowest BCUT2D eigenvalue weighted by molar-refractivity contribution is -0.192. The molecule has 1 aromatic rings. The van der Waals surface area contributed by atoms with Crippen molar-refractivity contribution in [2.75, 3.05) is 27.2 Å². The van der Waals surface area contributed by atoms with Crippen LogP contribution in [0.4, 0.5) is 13.2 Å². The third-order valence-electron chi connectivity index (χ3n) is 6.59. The van der Waals surface area contributed by atoms with Crippen LogP contribution >= 0.6 is 0 Å². The molecule has 3 heterocycles. The van der Waals surface area contributed by atoms with E-state index in [0.29, 0.717) is 18.7 Å². The van der Waals surface area contributed by atoms with Gasteiger partial charge in [-0.3, -0.25) is 34.2 Å². The number of alkyl halides is 3. The maximum Gasteiger partial charge on any atom is 0.490 e. The van der Waals surface area contributed by atoms with Gasteiger partial charge in [0.25, 0.3) is 17.7 Å². The van der Waals surface area contributed by atoms with E-state index in [9.17, 15) is 37.1 Å². The number of aliphatic carboxylic acids is 1. The van der Waals surface area contributed by atoms with Crippen molar-refractivity contribution >= 4 is 35.5 Å². The number of carbonyl (C=O) groups excluding carboxylic acids is 5. The average molecular weight is 540 g/mol. The summed E-state index contributed by atoms with van der Waals surface area (Å²) in [6.45, 7) is 1.26. The van der Waals surface area contributed by atoms with Gasteiger partial charge in [-0.25, -0.2) is 4.79 Å². The van der Waals surface area contributed by atoms with Crippen molar-refractivity contribution in [1.29, 1.82) is 0 Å². The maximum absolute atomic E-state index is 13.2. The van der Waals surface area contributed by atoms with E-state index >= 15 is 0 Å². The monoisotopic (exact) mass is 540 g/mol. The number of likely N-dealkylation sites (N-methyl/N-ethyl adjacent to an activating group) is 1. The normalized spacial score (nSPS) is 21.9. The first kappa shape index (κ1) is 28.8. The number of carboxylic acid groups (broad SMARTS) is 1. The Morgan fingerprint density at radius 2 is 1.66 bits per heavy atom. The zero-order chi connectivity index (χ0) is 28.4. The minimum Gasteiger partial charge on any atom is -0.475 e. The molecule has 206 valence electrons. The summed E-state index contributed by atoms with van der Waals surface area (Å²) >= 11 is 0. The first-order valence-corrected chi connectivity index (χ1v) is 11.8. The van der Waals surface area contributed by atoms with E-state index < -0.39 is 41.8 Å². The van der Waals surface area contributed by atoms with Crippen LogP contribution in [-0.2, 0) is 14.4 Å². The van der Waals surface area contributed by atoms with E-state index in [2.05, 4.69) is 10.2 Å². The molecule has 2 N–H and O–H groups in total. The van der Waals surface area contributed by atoms with Gasteiger partial charge in [0.15, 0.2) is 0 Å². The van der Waals surface area contributed by atoms with Crippen LogP contribution in [0.1, 0.15) is 63.2 Å². The number of imide groups is 2. The molecule has 2 fully saturated rings. The molecule has 0 bridgehead atoms. The van der Waals surface area contributed by atoms with Crippen LogP contribution in [0.3, 0.4) is 0 Å². The van der Waals surface area contributed by atoms with Crippen molar-refractivity contribution in [2.24, 2.45) is 0 Å². The number of nitrogens with zero attached hydrogens (tertiary/aromatic N) is 3. The fraction of sp³-hybridized carbons (Fsp3) is 0.500. The van der Waals surface area contributed by atoms with Gasteiger partial charge in [-0.15, -0.1) is 0 Å². The highest BCUT2D eigenvalue weighted by Crippen LogP contribution is 2.29. The van der Waals surface area contributed by atoms with Crippen LogP contribution in [0, 0.1) is 0 Å². The molecule has 3 aliphatic rings. The number of carboxylic acids is 1. The molecule has 38 heavy (non-hydrogen) atoms. The molecular formula is C24H27F3N4O7. The van der Waals surface area contributed by atoms with Crippen LogP contribution in [0.2, 0.25) is 0 Å². The Morgan fingerprint density at radius 3 is 2.24 bits per heavy atom. The number of rotatable bonds is 3. The number of carbonyl (C=O) groups is 6. The van der Waals surface area contributed by atoms with Crippen LogP contribution in [-0.4, -0.2) is 101 Å². The summed E-state index contributed by atoms with van der Waals surface area (Å²) in [6.07, 6.45) is -1.93. The number of nitrogens with one attached hydrogen (secondary N) is 1. The second-order valence-electron chi connectivity index (χ2n) is 9.37. The topological polar surface area (TPSA) is 144 Å². The van der Waals surface area contributed by atoms with E-state index in [1.54, 1.807) is 11.0 Å². The van der Waals surface area contributed by atoms with E-state index in [1.807, 2.05) is 14.1 Å². The lowest BCUT2D eigenvalue weighted by Crippen LogP contribution is -2.54. The number of likely N-dealkylation sites (tertiary alicyclic amines) is 1. The highest BCUT2D eigenvalue weighted by Gasteiger charge is 2.45. The Bertz CT molecular complexity index is 1170. The van der Waals surface area contributed by atoms with Gasteiger partial charge in [-0.1, -0.05) is 6.42 Å². The fourth-order valence-electron chi connectivity index (χ4n) is 4.51. The molecule has 2 atom stereocenters. The quantitative estimate of drug-likeness (QED) is 0.546. The number of amides is 5. The lowest BCUT2D eigenvalue weighted by atomic mass is 10.0. The minimum atomic E-state index is -5.08. The Morgan fingerprint density at radius 1 is 1.03 bits per heavy atom. The molecule has 0 aromatic heterocycles. The Labute approximate surface area is 215 Å². The third-order valence-corrected chi connectivity index (χ3v) is 6.59. The van der Waals surface area contributed by atoms with Gasteiger partial charge in [0.2, 0.25) is 11.8 Å². The lowest BCUT2D eigenvalue weighted by Gasteiger charge is -2.28.